The number of sulfonamides is 2. The van der Waals surface area contributed by atoms with E-state index in [9.17, 15) is 21.6 Å². The van der Waals surface area contributed by atoms with Crippen LogP contribution in [0.3, 0.4) is 0 Å². The van der Waals surface area contributed by atoms with Gasteiger partial charge in [-0.05, 0) is 79.9 Å². The second-order valence-corrected chi connectivity index (χ2v) is 13.0. The molecular formula is C26H28ClN3O5S2. The summed E-state index contributed by atoms with van der Waals surface area (Å²) in [5.41, 5.74) is 1.27. The number of nitrogens with one attached hydrogen (secondary N) is 1. The van der Waals surface area contributed by atoms with Gasteiger partial charge in [0, 0.05) is 23.8 Å². The van der Waals surface area contributed by atoms with Gasteiger partial charge in [-0.25, -0.2) is 16.8 Å². The van der Waals surface area contributed by atoms with Gasteiger partial charge in [-0.1, -0.05) is 36.2 Å². The summed E-state index contributed by atoms with van der Waals surface area (Å²) in [4.78, 5) is 13.2. The Hall–Kier alpha value is -2.92. The first kappa shape index (κ1) is 27.1. The Morgan fingerprint density at radius 3 is 2.16 bits per heavy atom. The van der Waals surface area contributed by atoms with Crippen LogP contribution in [0.1, 0.15) is 24.8 Å². The van der Waals surface area contributed by atoms with Crippen molar-refractivity contribution in [3.63, 3.8) is 0 Å². The van der Waals surface area contributed by atoms with Crippen LogP contribution >= 0.6 is 11.6 Å². The first-order valence-electron chi connectivity index (χ1n) is 11.8. The number of hydrogen-bond acceptors (Lipinski definition) is 5. The first-order valence-corrected chi connectivity index (χ1v) is 15.1. The highest BCUT2D eigenvalue weighted by molar-refractivity contribution is 7.92. The van der Waals surface area contributed by atoms with E-state index in [4.69, 9.17) is 11.6 Å². The minimum Gasteiger partial charge on any atom is -0.325 e. The monoisotopic (exact) mass is 561 g/mol. The van der Waals surface area contributed by atoms with Crippen molar-refractivity contribution in [1.82, 2.24) is 4.31 Å². The zero-order valence-electron chi connectivity index (χ0n) is 20.3. The van der Waals surface area contributed by atoms with Crippen LogP contribution in [0.2, 0.25) is 5.02 Å². The van der Waals surface area contributed by atoms with E-state index in [1.807, 2.05) is 0 Å². The van der Waals surface area contributed by atoms with E-state index in [-0.39, 0.29) is 9.79 Å². The molecule has 0 saturated carbocycles. The van der Waals surface area contributed by atoms with Gasteiger partial charge in [0.05, 0.1) is 15.5 Å². The maximum Gasteiger partial charge on any atom is 0.264 e. The van der Waals surface area contributed by atoms with Crippen molar-refractivity contribution in [2.24, 2.45) is 0 Å². The summed E-state index contributed by atoms with van der Waals surface area (Å²) in [6.45, 7) is 2.22. The molecular weight excluding hydrogens is 534 g/mol. The van der Waals surface area contributed by atoms with Crippen molar-refractivity contribution in [1.29, 1.82) is 0 Å². The third-order valence-electron chi connectivity index (χ3n) is 6.14. The molecule has 0 atom stereocenters. The van der Waals surface area contributed by atoms with E-state index in [2.05, 4.69) is 5.32 Å². The first-order chi connectivity index (χ1) is 17.6. The molecule has 37 heavy (non-hydrogen) atoms. The number of rotatable bonds is 8. The SMILES string of the molecule is Cc1cc(Cl)ccc1N(CC(=O)Nc1ccc(S(=O)(=O)N2CCCCC2)cc1)S(=O)(=O)c1ccccc1. The number of benzene rings is 3. The predicted molar refractivity (Wildman–Crippen MR) is 145 cm³/mol. The molecule has 0 aromatic heterocycles. The number of carbonyl (C=O) groups excluding carboxylic acids is 1. The molecule has 0 bridgehead atoms. The molecule has 0 unspecified atom stereocenters. The summed E-state index contributed by atoms with van der Waals surface area (Å²) < 4.78 is 55.3. The van der Waals surface area contributed by atoms with Crippen LogP contribution in [0, 0.1) is 6.92 Å². The van der Waals surface area contributed by atoms with Gasteiger partial charge in [-0.15, -0.1) is 0 Å². The van der Waals surface area contributed by atoms with Gasteiger partial charge >= 0.3 is 0 Å². The normalized spacial score (nSPS) is 14.8. The van der Waals surface area contributed by atoms with Crippen LogP contribution in [0.15, 0.2) is 82.6 Å². The molecule has 1 aliphatic rings. The third kappa shape index (κ3) is 6.15. The molecule has 4 rings (SSSR count). The van der Waals surface area contributed by atoms with Crippen molar-refractivity contribution in [2.75, 3.05) is 29.3 Å². The van der Waals surface area contributed by atoms with Gasteiger partial charge in [-0.2, -0.15) is 4.31 Å². The van der Waals surface area contributed by atoms with Crippen LogP contribution in [0.5, 0.6) is 0 Å². The number of aryl methyl sites for hydroxylation is 1. The van der Waals surface area contributed by atoms with Crippen LogP contribution in [-0.2, 0) is 24.8 Å². The molecule has 196 valence electrons. The number of piperidine rings is 1. The van der Waals surface area contributed by atoms with Crippen molar-refractivity contribution in [3.8, 4) is 0 Å². The Labute approximate surface area is 223 Å². The zero-order valence-corrected chi connectivity index (χ0v) is 22.7. The standard InChI is InChI=1S/C26H28ClN3O5S2/c1-20-18-21(27)10-15-25(20)30(37(34,35)23-8-4-2-5-9-23)19-26(31)28-22-11-13-24(14-12-22)36(32,33)29-16-6-3-7-17-29/h2,4-5,8-15,18H,3,6-7,16-17,19H2,1H3,(H,28,31). The molecule has 1 amide bonds. The van der Waals surface area contributed by atoms with Crippen molar-refractivity contribution < 1.29 is 21.6 Å². The summed E-state index contributed by atoms with van der Waals surface area (Å²) in [7, 11) is -7.67. The van der Waals surface area contributed by atoms with E-state index >= 15 is 0 Å². The van der Waals surface area contributed by atoms with Crippen LogP contribution in [0.4, 0.5) is 11.4 Å². The largest absolute Gasteiger partial charge is 0.325 e. The van der Waals surface area contributed by atoms with Crippen molar-refractivity contribution >= 4 is 48.9 Å². The summed E-state index contributed by atoms with van der Waals surface area (Å²) >= 11 is 6.07. The molecule has 3 aromatic rings. The van der Waals surface area contributed by atoms with E-state index in [1.54, 1.807) is 43.3 Å². The molecule has 0 aliphatic carbocycles. The van der Waals surface area contributed by atoms with Gasteiger partial charge < -0.3 is 5.32 Å². The topological polar surface area (TPSA) is 104 Å². The Kier molecular flexibility index (Phi) is 8.23. The molecule has 1 N–H and O–H groups in total. The smallest absolute Gasteiger partial charge is 0.264 e. The lowest BCUT2D eigenvalue weighted by atomic mass is 10.2. The molecule has 11 heteroatoms. The van der Waals surface area contributed by atoms with Gasteiger partial charge in [0.2, 0.25) is 15.9 Å². The molecule has 0 spiro atoms. The molecule has 0 radical (unpaired) electrons. The van der Waals surface area contributed by atoms with E-state index in [0.29, 0.717) is 35.1 Å². The zero-order chi connectivity index (χ0) is 26.6. The van der Waals surface area contributed by atoms with E-state index in [0.717, 1.165) is 23.6 Å². The van der Waals surface area contributed by atoms with E-state index in [1.165, 1.54) is 40.7 Å². The molecule has 1 fully saturated rings. The molecule has 1 aliphatic heterocycles. The quantitative estimate of drug-likeness (QED) is 0.431. The predicted octanol–water partition coefficient (Wildman–Crippen LogP) is 4.66. The highest BCUT2D eigenvalue weighted by Crippen LogP contribution is 2.29. The van der Waals surface area contributed by atoms with E-state index < -0.39 is 32.5 Å². The van der Waals surface area contributed by atoms with Crippen LogP contribution < -0.4 is 9.62 Å². The van der Waals surface area contributed by atoms with Gasteiger partial charge in [0.1, 0.15) is 6.54 Å². The lowest BCUT2D eigenvalue weighted by molar-refractivity contribution is -0.114. The van der Waals surface area contributed by atoms with Gasteiger partial charge in [0.15, 0.2) is 0 Å². The average Bonchev–Trinajstić information content (AvgIpc) is 2.89. The van der Waals surface area contributed by atoms with Gasteiger partial charge in [-0.3, -0.25) is 9.10 Å². The Bertz CT molecular complexity index is 1470. The summed E-state index contributed by atoms with van der Waals surface area (Å²) in [6, 6.07) is 18.5. The highest BCUT2D eigenvalue weighted by atomic mass is 35.5. The number of hydrogen-bond donors (Lipinski definition) is 1. The average molecular weight is 562 g/mol. The van der Waals surface area contributed by atoms with Crippen molar-refractivity contribution in [3.05, 3.63) is 83.4 Å². The molecule has 1 heterocycles. The number of halogens is 1. The molecule has 1 saturated heterocycles. The molecule has 8 nitrogen and oxygen atoms in total. The number of amides is 1. The number of anilines is 2. The highest BCUT2D eigenvalue weighted by Gasteiger charge is 2.29. The Morgan fingerprint density at radius 2 is 1.54 bits per heavy atom. The van der Waals surface area contributed by atoms with Crippen LogP contribution in [0.25, 0.3) is 0 Å². The second-order valence-electron chi connectivity index (χ2n) is 8.79. The van der Waals surface area contributed by atoms with Crippen LogP contribution in [-0.4, -0.2) is 46.7 Å². The minimum atomic E-state index is -4.07. The lowest BCUT2D eigenvalue weighted by Crippen LogP contribution is -2.38. The van der Waals surface area contributed by atoms with Crippen molar-refractivity contribution in [2.45, 2.75) is 36.0 Å². The third-order valence-corrected chi connectivity index (χ3v) is 10.1. The fraction of sp³-hybridized carbons (Fsp3) is 0.269. The lowest BCUT2D eigenvalue weighted by Gasteiger charge is -2.26. The maximum absolute atomic E-state index is 13.5. The second kappa shape index (κ2) is 11.2. The number of nitrogens with zero attached hydrogens (tertiary/aromatic N) is 2. The molecule has 3 aromatic carbocycles. The Morgan fingerprint density at radius 1 is 0.892 bits per heavy atom. The summed E-state index contributed by atoms with van der Waals surface area (Å²) in [5, 5.41) is 3.12. The Balaban J connectivity index is 1.56. The summed E-state index contributed by atoms with van der Waals surface area (Å²) in [5.74, 6) is -0.583. The fourth-order valence-electron chi connectivity index (χ4n) is 4.21. The van der Waals surface area contributed by atoms with Gasteiger partial charge in [0.25, 0.3) is 10.0 Å². The number of carbonyl (C=O) groups is 1. The minimum absolute atomic E-state index is 0.0458. The summed E-state index contributed by atoms with van der Waals surface area (Å²) in [6.07, 6.45) is 2.69. The fourth-order valence-corrected chi connectivity index (χ4v) is 7.46. The maximum atomic E-state index is 13.5.